The average molecular weight is 605 g/mol. The van der Waals surface area contributed by atoms with Gasteiger partial charge in [0.1, 0.15) is 11.5 Å². The molecule has 5 heteroatoms. The Bertz CT molecular complexity index is 1730. The lowest BCUT2D eigenvalue weighted by Gasteiger charge is -2.22. The van der Waals surface area contributed by atoms with Gasteiger partial charge >= 0.3 is 0 Å². The van der Waals surface area contributed by atoms with E-state index in [2.05, 4.69) is 125 Å². The molecule has 0 N–H and O–H groups in total. The van der Waals surface area contributed by atoms with E-state index in [0.717, 1.165) is 56.5 Å². The number of ether oxygens (including phenoxy) is 2. The topological polar surface area (TPSA) is 28.3 Å². The molecule has 0 aliphatic rings. The monoisotopic (exact) mass is 604 g/mol. The van der Waals surface area contributed by atoms with Gasteiger partial charge in [-0.15, -0.1) is 0 Å². The highest BCUT2D eigenvalue weighted by Gasteiger charge is 2.27. The first kappa shape index (κ1) is 31.3. The van der Waals surface area contributed by atoms with Gasteiger partial charge in [0.15, 0.2) is 4.77 Å². The van der Waals surface area contributed by atoms with Crippen molar-refractivity contribution in [1.82, 2.24) is 9.13 Å². The molecule has 0 spiro atoms. The molecule has 0 unspecified atom stereocenters. The minimum absolute atomic E-state index is 0.0239. The molecule has 0 bridgehead atoms. The molecule has 44 heavy (non-hydrogen) atoms. The molecule has 5 rings (SSSR count). The van der Waals surface area contributed by atoms with Crippen molar-refractivity contribution >= 4 is 12.2 Å². The predicted octanol–water partition coefficient (Wildman–Crippen LogP) is 10.6. The van der Waals surface area contributed by atoms with Crippen molar-refractivity contribution in [1.29, 1.82) is 0 Å². The van der Waals surface area contributed by atoms with Crippen LogP contribution in [0.15, 0.2) is 84.9 Å². The third kappa shape index (κ3) is 5.86. The van der Waals surface area contributed by atoms with Crippen LogP contribution in [0.5, 0.6) is 11.5 Å². The van der Waals surface area contributed by atoms with Crippen molar-refractivity contribution in [3.8, 4) is 45.4 Å². The van der Waals surface area contributed by atoms with E-state index in [1.807, 2.05) is 24.3 Å². The van der Waals surface area contributed by atoms with Gasteiger partial charge in [-0.1, -0.05) is 65.8 Å². The molecule has 1 heterocycles. The molecule has 4 aromatic carbocycles. The van der Waals surface area contributed by atoms with Crippen LogP contribution < -0.4 is 9.47 Å². The van der Waals surface area contributed by atoms with Gasteiger partial charge < -0.3 is 9.47 Å². The Hall–Kier alpha value is -4.09. The van der Waals surface area contributed by atoms with Crippen LogP contribution in [0.2, 0.25) is 0 Å². The molecule has 0 fully saturated rings. The maximum Gasteiger partial charge on any atom is 0.190 e. The summed E-state index contributed by atoms with van der Waals surface area (Å²) >= 11 is 6.53. The van der Waals surface area contributed by atoms with E-state index >= 15 is 0 Å². The fourth-order valence-electron chi connectivity index (χ4n) is 5.61. The lowest BCUT2D eigenvalue weighted by Crippen LogP contribution is -2.13. The van der Waals surface area contributed by atoms with Crippen molar-refractivity contribution in [2.45, 2.75) is 66.2 Å². The summed E-state index contributed by atoms with van der Waals surface area (Å²) in [5, 5.41) is 0. The van der Waals surface area contributed by atoms with Crippen LogP contribution in [0, 0.1) is 18.6 Å². The summed E-state index contributed by atoms with van der Waals surface area (Å²) < 4.78 is 16.3. The molecular formula is C39H44N2O2S. The third-order valence-electron chi connectivity index (χ3n) is 8.41. The fraction of sp³-hybridized carbons (Fsp3) is 0.308. The summed E-state index contributed by atoms with van der Waals surface area (Å²) in [6, 6.07) is 30.1. The largest absolute Gasteiger partial charge is 0.497 e. The highest BCUT2D eigenvalue weighted by molar-refractivity contribution is 7.71. The Morgan fingerprint density at radius 2 is 0.864 bits per heavy atom. The van der Waals surface area contributed by atoms with Crippen LogP contribution in [-0.4, -0.2) is 23.4 Å². The molecule has 0 radical (unpaired) electrons. The van der Waals surface area contributed by atoms with Crippen molar-refractivity contribution in [3.63, 3.8) is 0 Å². The average Bonchev–Trinajstić information content (AvgIpc) is 3.28. The standard InChI is InChI=1S/C39H44N2O2S/c1-25-11-17-29(38(3,4)5)23-33(25)40-35(27-13-19-31(42-9)20-14-27)36(28-15-21-32(43-10)22-16-28)41(37(40)44)34-24-30(39(6,7)8)18-12-26(34)2/h11-24H,1-10H3. The summed E-state index contributed by atoms with van der Waals surface area (Å²) in [6.07, 6.45) is 0. The van der Waals surface area contributed by atoms with Gasteiger partial charge in [0.05, 0.1) is 37.0 Å². The Labute approximate surface area is 267 Å². The van der Waals surface area contributed by atoms with E-state index in [4.69, 9.17) is 21.7 Å². The summed E-state index contributed by atoms with van der Waals surface area (Å²) in [6.45, 7) is 17.8. The Balaban J connectivity index is 1.99. The Morgan fingerprint density at radius 1 is 0.523 bits per heavy atom. The zero-order valence-electron chi connectivity index (χ0n) is 27.7. The first-order chi connectivity index (χ1) is 20.7. The lowest BCUT2D eigenvalue weighted by atomic mass is 9.86. The molecule has 0 amide bonds. The number of aromatic nitrogens is 2. The van der Waals surface area contributed by atoms with Gasteiger partial charge in [-0.25, -0.2) is 0 Å². The predicted molar refractivity (Wildman–Crippen MR) is 187 cm³/mol. The number of hydrogen-bond acceptors (Lipinski definition) is 3. The smallest absolute Gasteiger partial charge is 0.190 e. The minimum atomic E-state index is -0.0239. The minimum Gasteiger partial charge on any atom is -0.497 e. The number of benzene rings is 4. The van der Waals surface area contributed by atoms with Gasteiger partial charge in [0, 0.05) is 11.1 Å². The molecule has 0 saturated carbocycles. The number of methoxy groups -OCH3 is 2. The summed E-state index contributed by atoms with van der Waals surface area (Å²) in [5.74, 6) is 1.62. The summed E-state index contributed by atoms with van der Waals surface area (Å²) in [5.41, 5.74) is 11.1. The van der Waals surface area contributed by atoms with Crippen molar-refractivity contribution < 1.29 is 9.47 Å². The van der Waals surface area contributed by atoms with E-state index in [1.165, 1.54) is 11.1 Å². The number of nitrogens with zero attached hydrogens (tertiary/aromatic N) is 2. The van der Waals surface area contributed by atoms with E-state index in [-0.39, 0.29) is 10.8 Å². The maximum absolute atomic E-state index is 6.53. The molecule has 0 aliphatic heterocycles. The van der Waals surface area contributed by atoms with Crippen molar-refractivity contribution in [2.24, 2.45) is 0 Å². The Kier molecular flexibility index (Phi) is 8.39. The highest BCUT2D eigenvalue weighted by Crippen LogP contribution is 2.41. The van der Waals surface area contributed by atoms with Crippen molar-refractivity contribution in [3.05, 3.63) is 112 Å². The first-order valence-corrected chi connectivity index (χ1v) is 15.5. The van der Waals surface area contributed by atoms with E-state index in [9.17, 15) is 0 Å². The lowest BCUT2D eigenvalue weighted by molar-refractivity contribution is 0.414. The molecule has 0 atom stereocenters. The molecular weight excluding hydrogens is 561 g/mol. The van der Waals surface area contributed by atoms with Crippen LogP contribution in [0.1, 0.15) is 63.8 Å². The SMILES string of the molecule is COc1ccc(-c2c(-c3ccc(OC)cc3)n(-c3cc(C(C)(C)C)ccc3C)c(=S)n2-c2cc(C(C)(C)C)ccc2C)cc1. The van der Waals surface area contributed by atoms with Gasteiger partial charge in [0.2, 0.25) is 0 Å². The fourth-order valence-corrected chi connectivity index (χ4v) is 5.99. The normalized spacial score (nSPS) is 12.0. The van der Waals surface area contributed by atoms with Gasteiger partial charge in [-0.05, 0) is 120 Å². The number of aryl methyl sites for hydroxylation is 2. The second kappa shape index (κ2) is 11.8. The third-order valence-corrected chi connectivity index (χ3v) is 8.78. The number of rotatable bonds is 6. The molecule has 0 saturated heterocycles. The quantitative estimate of drug-likeness (QED) is 0.181. The molecule has 5 aromatic rings. The zero-order valence-corrected chi connectivity index (χ0v) is 28.5. The summed E-state index contributed by atoms with van der Waals surface area (Å²) in [7, 11) is 3.39. The van der Waals surface area contributed by atoms with Crippen LogP contribution in [0.25, 0.3) is 33.9 Å². The first-order valence-electron chi connectivity index (χ1n) is 15.1. The van der Waals surface area contributed by atoms with Crippen LogP contribution >= 0.6 is 12.2 Å². The van der Waals surface area contributed by atoms with Crippen molar-refractivity contribution in [2.75, 3.05) is 14.2 Å². The van der Waals surface area contributed by atoms with Crippen LogP contribution in [-0.2, 0) is 10.8 Å². The molecule has 1 aromatic heterocycles. The number of imidazole rings is 1. The van der Waals surface area contributed by atoms with Crippen LogP contribution in [0.4, 0.5) is 0 Å². The molecule has 228 valence electrons. The zero-order chi connectivity index (χ0) is 32.0. The Morgan fingerprint density at radius 3 is 1.16 bits per heavy atom. The summed E-state index contributed by atoms with van der Waals surface area (Å²) in [4.78, 5) is 0. The molecule has 4 nitrogen and oxygen atoms in total. The van der Waals surface area contributed by atoms with Gasteiger partial charge in [-0.3, -0.25) is 9.13 Å². The van der Waals surface area contributed by atoms with E-state index in [1.54, 1.807) is 14.2 Å². The van der Waals surface area contributed by atoms with Gasteiger partial charge in [-0.2, -0.15) is 0 Å². The highest BCUT2D eigenvalue weighted by atomic mass is 32.1. The number of hydrogen-bond donors (Lipinski definition) is 0. The van der Waals surface area contributed by atoms with Gasteiger partial charge in [0.25, 0.3) is 0 Å². The second-order valence-electron chi connectivity index (χ2n) is 13.6. The molecule has 0 aliphatic carbocycles. The van der Waals surface area contributed by atoms with Crippen LogP contribution in [0.3, 0.4) is 0 Å². The van der Waals surface area contributed by atoms with E-state index in [0.29, 0.717) is 4.77 Å². The van der Waals surface area contributed by atoms with E-state index < -0.39 is 0 Å². The maximum atomic E-state index is 6.53. The second-order valence-corrected chi connectivity index (χ2v) is 14.0.